The zero-order valence-corrected chi connectivity index (χ0v) is 19.3. The SMILES string of the molecule is COc1ccc(CCNC(=O)CN2C(=O)NC(C)(c3ccc(Cl)c(Cl)c3)C2=O)cc1OC. The number of carbonyl (C=O) groups is 3. The number of methoxy groups -OCH3 is 2. The molecular formula is C22H23Cl2N3O5. The molecule has 170 valence electrons. The summed E-state index contributed by atoms with van der Waals surface area (Å²) in [6.07, 6.45) is 0.535. The standard InChI is InChI=1S/C22H23Cl2N3O5/c1-22(14-5-6-15(23)16(24)11-14)20(29)27(21(30)26-22)12-19(28)25-9-8-13-4-7-17(31-2)18(10-13)32-3/h4-7,10-11H,8-9,12H2,1-3H3,(H,25,28)(H,26,30). The van der Waals surface area contributed by atoms with Gasteiger partial charge in [-0.15, -0.1) is 0 Å². The summed E-state index contributed by atoms with van der Waals surface area (Å²) in [6.45, 7) is 1.48. The molecule has 1 aliphatic heterocycles. The monoisotopic (exact) mass is 479 g/mol. The van der Waals surface area contributed by atoms with Gasteiger partial charge in [-0.05, 0) is 48.7 Å². The molecule has 0 aliphatic carbocycles. The molecule has 0 radical (unpaired) electrons. The Morgan fingerprint density at radius 3 is 2.44 bits per heavy atom. The maximum atomic E-state index is 13.0. The Kier molecular flexibility index (Phi) is 7.16. The van der Waals surface area contributed by atoms with E-state index in [1.165, 1.54) is 6.07 Å². The summed E-state index contributed by atoms with van der Waals surface area (Å²) in [5, 5.41) is 5.96. The molecular weight excluding hydrogens is 457 g/mol. The molecule has 1 atom stereocenters. The highest BCUT2D eigenvalue weighted by Gasteiger charge is 2.49. The average molecular weight is 480 g/mol. The van der Waals surface area contributed by atoms with E-state index in [0.29, 0.717) is 35.1 Å². The smallest absolute Gasteiger partial charge is 0.325 e. The second-order valence-electron chi connectivity index (χ2n) is 7.36. The molecule has 1 heterocycles. The van der Waals surface area contributed by atoms with Crippen LogP contribution in [0.1, 0.15) is 18.1 Å². The van der Waals surface area contributed by atoms with E-state index >= 15 is 0 Å². The fourth-order valence-corrected chi connectivity index (χ4v) is 3.72. The van der Waals surface area contributed by atoms with Crippen LogP contribution >= 0.6 is 23.2 Å². The molecule has 0 saturated carbocycles. The molecule has 10 heteroatoms. The first-order valence-electron chi connectivity index (χ1n) is 9.77. The minimum atomic E-state index is -1.34. The molecule has 1 unspecified atom stereocenters. The fraction of sp³-hybridized carbons (Fsp3) is 0.318. The van der Waals surface area contributed by atoms with Gasteiger partial charge in [-0.3, -0.25) is 14.5 Å². The first kappa shape index (κ1) is 23.7. The number of rotatable bonds is 8. The Bertz CT molecular complexity index is 1060. The summed E-state index contributed by atoms with van der Waals surface area (Å²) in [7, 11) is 3.10. The van der Waals surface area contributed by atoms with Crippen molar-refractivity contribution in [2.75, 3.05) is 27.3 Å². The van der Waals surface area contributed by atoms with Gasteiger partial charge < -0.3 is 20.1 Å². The van der Waals surface area contributed by atoms with E-state index < -0.39 is 29.9 Å². The lowest BCUT2D eigenvalue weighted by molar-refractivity contribution is -0.134. The second kappa shape index (κ2) is 9.67. The van der Waals surface area contributed by atoms with E-state index in [9.17, 15) is 14.4 Å². The Balaban J connectivity index is 1.60. The summed E-state index contributed by atoms with van der Waals surface area (Å²) in [6, 6.07) is 9.51. The lowest BCUT2D eigenvalue weighted by atomic mass is 9.92. The summed E-state index contributed by atoms with van der Waals surface area (Å²) in [4.78, 5) is 38.6. The van der Waals surface area contributed by atoms with Crippen LogP contribution in [0, 0.1) is 0 Å². The minimum absolute atomic E-state index is 0.263. The first-order valence-corrected chi connectivity index (χ1v) is 10.5. The summed E-state index contributed by atoms with van der Waals surface area (Å²) in [5.74, 6) is 0.212. The molecule has 3 rings (SSSR count). The largest absolute Gasteiger partial charge is 0.493 e. The van der Waals surface area contributed by atoms with Crippen LogP contribution in [0.15, 0.2) is 36.4 Å². The first-order chi connectivity index (χ1) is 15.2. The number of nitrogens with zero attached hydrogens (tertiary/aromatic N) is 1. The number of amides is 4. The predicted octanol–water partition coefficient (Wildman–Crippen LogP) is 3.14. The molecule has 8 nitrogen and oxygen atoms in total. The second-order valence-corrected chi connectivity index (χ2v) is 8.18. The third kappa shape index (κ3) is 4.76. The van der Waals surface area contributed by atoms with Gasteiger partial charge in [0.05, 0.1) is 24.3 Å². The number of ether oxygens (including phenoxy) is 2. The highest BCUT2D eigenvalue weighted by atomic mass is 35.5. The summed E-state index contributed by atoms with van der Waals surface area (Å²) < 4.78 is 10.5. The third-order valence-corrected chi connectivity index (χ3v) is 6.00. The number of hydrogen-bond acceptors (Lipinski definition) is 5. The van der Waals surface area contributed by atoms with Crippen molar-refractivity contribution in [3.05, 3.63) is 57.6 Å². The molecule has 1 saturated heterocycles. The number of urea groups is 1. The van der Waals surface area contributed by atoms with Gasteiger partial charge in [-0.2, -0.15) is 0 Å². The number of nitrogens with one attached hydrogen (secondary N) is 2. The van der Waals surface area contributed by atoms with Crippen LogP contribution in [0.3, 0.4) is 0 Å². The van der Waals surface area contributed by atoms with E-state index in [1.807, 2.05) is 12.1 Å². The van der Waals surface area contributed by atoms with Crippen LogP contribution in [0.5, 0.6) is 11.5 Å². The number of imide groups is 1. The summed E-state index contributed by atoms with van der Waals surface area (Å²) in [5.41, 5.74) is 0.0670. The summed E-state index contributed by atoms with van der Waals surface area (Å²) >= 11 is 12.0. The van der Waals surface area contributed by atoms with Gasteiger partial charge in [0.15, 0.2) is 11.5 Å². The van der Waals surface area contributed by atoms with Gasteiger partial charge in [0.1, 0.15) is 12.1 Å². The van der Waals surface area contributed by atoms with Crippen LogP contribution in [0.2, 0.25) is 10.0 Å². The van der Waals surface area contributed by atoms with Crippen molar-refractivity contribution < 1.29 is 23.9 Å². The Labute approximate surface area is 195 Å². The van der Waals surface area contributed by atoms with E-state index in [-0.39, 0.29) is 5.02 Å². The van der Waals surface area contributed by atoms with Crippen molar-refractivity contribution in [3.63, 3.8) is 0 Å². The number of carbonyl (C=O) groups excluding carboxylic acids is 3. The maximum absolute atomic E-state index is 13.0. The van der Waals surface area contributed by atoms with Crippen molar-refractivity contribution in [1.82, 2.24) is 15.5 Å². The molecule has 4 amide bonds. The van der Waals surface area contributed by atoms with Crippen molar-refractivity contribution in [1.29, 1.82) is 0 Å². The van der Waals surface area contributed by atoms with Gasteiger partial charge in [0.25, 0.3) is 5.91 Å². The van der Waals surface area contributed by atoms with Crippen molar-refractivity contribution in [3.8, 4) is 11.5 Å². The van der Waals surface area contributed by atoms with E-state index in [1.54, 1.807) is 39.3 Å². The molecule has 2 aromatic rings. The van der Waals surface area contributed by atoms with Crippen molar-refractivity contribution in [2.45, 2.75) is 18.9 Å². The molecule has 32 heavy (non-hydrogen) atoms. The van der Waals surface area contributed by atoms with E-state index in [2.05, 4.69) is 10.6 Å². The highest BCUT2D eigenvalue weighted by molar-refractivity contribution is 6.42. The fourth-order valence-electron chi connectivity index (χ4n) is 3.43. The van der Waals surface area contributed by atoms with Crippen molar-refractivity contribution >= 4 is 41.0 Å². The van der Waals surface area contributed by atoms with Gasteiger partial charge in [-0.1, -0.05) is 35.3 Å². The Hall–Kier alpha value is -2.97. The van der Waals surface area contributed by atoms with Gasteiger partial charge in [0.2, 0.25) is 5.91 Å². The van der Waals surface area contributed by atoms with Crippen LogP contribution in [0.4, 0.5) is 4.79 Å². The maximum Gasteiger partial charge on any atom is 0.325 e. The molecule has 1 fully saturated rings. The van der Waals surface area contributed by atoms with Gasteiger partial charge in [0, 0.05) is 6.54 Å². The average Bonchev–Trinajstić information content (AvgIpc) is 2.99. The quantitative estimate of drug-likeness (QED) is 0.566. The van der Waals surface area contributed by atoms with E-state index in [4.69, 9.17) is 32.7 Å². The zero-order chi connectivity index (χ0) is 23.5. The molecule has 1 aliphatic rings. The minimum Gasteiger partial charge on any atom is -0.493 e. The van der Waals surface area contributed by atoms with Crippen LogP contribution < -0.4 is 20.1 Å². The lowest BCUT2D eigenvalue weighted by Gasteiger charge is -2.22. The molecule has 0 spiro atoms. The topological polar surface area (TPSA) is 97.0 Å². The normalized spacial score (nSPS) is 17.8. The lowest BCUT2D eigenvalue weighted by Crippen LogP contribution is -2.43. The van der Waals surface area contributed by atoms with E-state index in [0.717, 1.165) is 10.5 Å². The predicted molar refractivity (Wildman–Crippen MR) is 120 cm³/mol. The zero-order valence-electron chi connectivity index (χ0n) is 17.8. The molecule has 0 bridgehead atoms. The Morgan fingerprint density at radius 1 is 1.06 bits per heavy atom. The number of benzene rings is 2. The highest BCUT2D eigenvalue weighted by Crippen LogP contribution is 2.33. The third-order valence-electron chi connectivity index (χ3n) is 5.26. The number of hydrogen-bond donors (Lipinski definition) is 2. The molecule has 2 N–H and O–H groups in total. The Morgan fingerprint density at radius 2 is 1.78 bits per heavy atom. The molecule has 0 aromatic heterocycles. The van der Waals surface area contributed by atoms with Gasteiger partial charge in [-0.25, -0.2) is 4.79 Å². The van der Waals surface area contributed by atoms with Crippen LogP contribution in [-0.4, -0.2) is 50.1 Å². The van der Waals surface area contributed by atoms with Crippen LogP contribution in [0.25, 0.3) is 0 Å². The van der Waals surface area contributed by atoms with Crippen molar-refractivity contribution in [2.24, 2.45) is 0 Å². The van der Waals surface area contributed by atoms with Gasteiger partial charge >= 0.3 is 6.03 Å². The molecule has 2 aromatic carbocycles. The van der Waals surface area contributed by atoms with Crippen LogP contribution in [-0.2, 0) is 21.5 Å². The number of halogens is 2.